The summed E-state index contributed by atoms with van der Waals surface area (Å²) in [5, 5.41) is 6.53. The SMILES string of the molecule is Cc1ccc(N2CCCS2(=O)=O)cc1NC(=O)c1cc(-c2ccco2)on1. The molecule has 27 heavy (non-hydrogen) atoms. The molecule has 1 aromatic carbocycles. The molecule has 140 valence electrons. The lowest BCUT2D eigenvalue weighted by Crippen LogP contribution is -2.25. The molecule has 1 fully saturated rings. The lowest BCUT2D eigenvalue weighted by atomic mass is 10.1. The third-order valence-corrected chi connectivity index (χ3v) is 6.23. The van der Waals surface area contributed by atoms with Crippen LogP contribution in [0.2, 0.25) is 0 Å². The van der Waals surface area contributed by atoms with Gasteiger partial charge in [-0.15, -0.1) is 0 Å². The van der Waals surface area contributed by atoms with E-state index >= 15 is 0 Å². The van der Waals surface area contributed by atoms with Crippen molar-refractivity contribution in [2.24, 2.45) is 0 Å². The Kier molecular flexibility index (Phi) is 4.23. The molecule has 3 heterocycles. The highest BCUT2D eigenvalue weighted by molar-refractivity contribution is 7.93. The molecule has 2 aromatic heterocycles. The average Bonchev–Trinajstić information content (AvgIpc) is 3.36. The second kappa shape index (κ2) is 6.58. The maximum absolute atomic E-state index is 12.5. The fraction of sp³-hybridized carbons (Fsp3) is 0.222. The number of benzene rings is 1. The Morgan fingerprint density at radius 3 is 2.78 bits per heavy atom. The smallest absolute Gasteiger partial charge is 0.277 e. The van der Waals surface area contributed by atoms with E-state index in [-0.39, 0.29) is 11.4 Å². The van der Waals surface area contributed by atoms with Crippen molar-refractivity contribution in [1.29, 1.82) is 0 Å². The fourth-order valence-electron chi connectivity index (χ4n) is 2.93. The van der Waals surface area contributed by atoms with Crippen LogP contribution in [0.3, 0.4) is 0 Å². The molecule has 1 saturated heterocycles. The summed E-state index contributed by atoms with van der Waals surface area (Å²) in [5.74, 6) is 0.496. The van der Waals surface area contributed by atoms with E-state index in [0.29, 0.717) is 35.9 Å². The summed E-state index contributed by atoms with van der Waals surface area (Å²) >= 11 is 0. The maximum atomic E-state index is 12.5. The average molecular weight is 387 g/mol. The number of nitrogens with one attached hydrogen (secondary N) is 1. The Morgan fingerprint density at radius 2 is 2.07 bits per heavy atom. The minimum atomic E-state index is -3.29. The van der Waals surface area contributed by atoms with Crippen LogP contribution in [0.5, 0.6) is 0 Å². The Balaban J connectivity index is 1.57. The number of aryl methyl sites for hydroxylation is 1. The summed E-state index contributed by atoms with van der Waals surface area (Å²) in [4.78, 5) is 12.5. The third-order valence-electron chi connectivity index (χ3n) is 4.36. The topological polar surface area (TPSA) is 106 Å². The van der Waals surface area contributed by atoms with E-state index < -0.39 is 15.9 Å². The van der Waals surface area contributed by atoms with E-state index in [1.54, 1.807) is 30.3 Å². The molecule has 1 aliphatic heterocycles. The Labute approximate surface area is 155 Å². The second-order valence-corrected chi connectivity index (χ2v) is 8.26. The molecular formula is C18H17N3O5S. The van der Waals surface area contributed by atoms with Gasteiger partial charge in [-0.3, -0.25) is 9.10 Å². The molecule has 1 N–H and O–H groups in total. The van der Waals surface area contributed by atoms with Crippen molar-refractivity contribution < 1.29 is 22.2 Å². The van der Waals surface area contributed by atoms with Gasteiger partial charge in [0.05, 0.1) is 17.7 Å². The second-order valence-electron chi connectivity index (χ2n) is 6.25. The molecule has 0 saturated carbocycles. The molecule has 0 spiro atoms. The monoisotopic (exact) mass is 387 g/mol. The van der Waals surface area contributed by atoms with Crippen LogP contribution in [0.25, 0.3) is 11.5 Å². The fourth-order valence-corrected chi connectivity index (χ4v) is 4.49. The largest absolute Gasteiger partial charge is 0.461 e. The van der Waals surface area contributed by atoms with Crippen LogP contribution in [-0.2, 0) is 10.0 Å². The number of aromatic nitrogens is 1. The summed E-state index contributed by atoms with van der Waals surface area (Å²) in [6, 6.07) is 10.1. The minimum absolute atomic E-state index is 0.0972. The highest BCUT2D eigenvalue weighted by Crippen LogP contribution is 2.29. The molecule has 4 rings (SSSR count). The van der Waals surface area contributed by atoms with Crippen molar-refractivity contribution in [2.45, 2.75) is 13.3 Å². The van der Waals surface area contributed by atoms with Crippen LogP contribution in [0.4, 0.5) is 11.4 Å². The molecule has 1 amide bonds. The Hall–Kier alpha value is -3.07. The van der Waals surface area contributed by atoms with Crippen molar-refractivity contribution >= 4 is 27.3 Å². The zero-order valence-electron chi connectivity index (χ0n) is 14.5. The van der Waals surface area contributed by atoms with Crippen LogP contribution in [-0.4, -0.2) is 31.8 Å². The van der Waals surface area contributed by atoms with Crippen LogP contribution >= 0.6 is 0 Å². The van der Waals surface area contributed by atoms with Gasteiger partial charge in [-0.2, -0.15) is 0 Å². The van der Waals surface area contributed by atoms with E-state index in [1.165, 1.54) is 16.6 Å². The van der Waals surface area contributed by atoms with E-state index in [1.807, 2.05) is 6.92 Å². The maximum Gasteiger partial charge on any atom is 0.277 e. The highest BCUT2D eigenvalue weighted by atomic mass is 32.2. The molecule has 0 bridgehead atoms. The van der Waals surface area contributed by atoms with Crippen molar-refractivity contribution in [1.82, 2.24) is 5.16 Å². The third kappa shape index (κ3) is 3.33. The number of carbonyl (C=O) groups excluding carboxylic acids is 1. The first-order valence-electron chi connectivity index (χ1n) is 8.37. The molecule has 0 radical (unpaired) electrons. The van der Waals surface area contributed by atoms with Crippen molar-refractivity contribution in [3.8, 4) is 11.5 Å². The van der Waals surface area contributed by atoms with Gasteiger partial charge in [-0.25, -0.2) is 8.42 Å². The van der Waals surface area contributed by atoms with Gasteiger partial charge < -0.3 is 14.3 Å². The van der Waals surface area contributed by atoms with Crippen LogP contribution in [0.1, 0.15) is 22.5 Å². The zero-order chi connectivity index (χ0) is 19.0. The highest BCUT2D eigenvalue weighted by Gasteiger charge is 2.28. The van der Waals surface area contributed by atoms with Crippen LogP contribution in [0, 0.1) is 6.92 Å². The predicted molar refractivity (Wildman–Crippen MR) is 99.1 cm³/mol. The molecule has 8 nitrogen and oxygen atoms in total. The predicted octanol–water partition coefficient (Wildman–Crippen LogP) is 3.04. The first kappa shape index (κ1) is 17.3. The van der Waals surface area contributed by atoms with Crippen molar-refractivity contribution in [3.05, 3.63) is 53.9 Å². The summed E-state index contributed by atoms with van der Waals surface area (Å²) in [6.45, 7) is 2.27. The van der Waals surface area contributed by atoms with E-state index in [9.17, 15) is 13.2 Å². The molecule has 0 aliphatic carbocycles. The molecule has 3 aromatic rings. The van der Waals surface area contributed by atoms with Gasteiger partial charge >= 0.3 is 0 Å². The van der Waals surface area contributed by atoms with Crippen molar-refractivity contribution in [3.63, 3.8) is 0 Å². The first-order chi connectivity index (χ1) is 12.9. The van der Waals surface area contributed by atoms with Gasteiger partial charge in [0.1, 0.15) is 0 Å². The van der Waals surface area contributed by atoms with E-state index in [0.717, 1.165) is 5.56 Å². The Bertz CT molecular complexity index is 1090. The van der Waals surface area contributed by atoms with Gasteiger partial charge in [-0.1, -0.05) is 11.2 Å². The number of rotatable bonds is 4. The number of amides is 1. The number of anilines is 2. The number of nitrogens with zero attached hydrogens (tertiary/aromatic N) is 2. The minimum Gasteiger partial charge on any atom is -0.461 e. The normalized spacial score (nSPS) is 15.8. The van der Waals surface area contributed by atoms with Gasteiger partial charge in [0.15, 0.2) is 11.5 Å². The number of hydrogen-bond acceptors (Lipinski definition) is 6. The molecular weight excluding hydrogens is 370 g/mol. The zero-order valence-corrected chi connectivity index (χ0v) is 15.3. The van der Waals surface area contributed by atoms with E-state index in [2.05, 4.69) is 10.5 Å². The summed E-state index contributed by atoms with van der Waals surface area (Å²) < 4.78 is 36.0. The summed E-state index contributed by atoms with van der Waals surface area (Å²) in [6.07, 6.45) is 2.09. The van der Waals surface area contributed by atoms with Gasteiger partial charge in [0.2, 0.25) is 15.8 Å². The standard InChI is InChI=1S/C18H17N3O5S/c1-12-5-6-13(21-7-3-9-27(21,23)24)10-14(12)19-18(22)15-11-17(26-20-15)16-4-2-8-25-16/h2,4-6,8,10-11H,3,7,9H2,1H3,(H,19,22). The molecule has 9 heteroatoms. The van der Waals surface area contributed by atoms with Crippen LogP contribution < -0.4 is 9.62 Å². The number of hydrogen-bond donors (Lipinski definition) is 1. The van der Waals surface area contributed by atoms with Crippen molar-refractivity contribution in [2.75, 3.05) is 21.9 Å². The number of carbonyl (C=O) groups is 1. The van der Waals surface area contributed by atoms with E-state index in [4.69, 9.17) is 8.94 Å². The van der Waals surface area contributed by atoms with Gasteiger partial charge in [0.25, 0.3) is 5.91 Å². The lowest BCUT2D eigenvalue weighted by molar-refractivity contribution is 0.101. The first-order valence-corrected chi connectivity index (χ1v) is 9.98. The molecule has 0 atom stereocenters. The summed E-state index contributed by atoms with van der Waals surface area (Å²) in [7, 11) is -3.29. The van der Waals surface area contributed by atoms with Gasteiger partial charge in [0, 0.05) is 18.3 Å². The molecule has 0 unspecified atom stereocenters. The quantitative estimate of drug-likeness (QED) is 0.738. The lowest BCUT2D eigenvalue weighted by Gasteiger charge is -2.18. The van der Waals surface area contributed by atoms with Crippen LogP contribution in [0.15, 0.2) is 51.6 Å². The summed E-state index contributed by atoms with van der Waals surface area (Å²) in [5.41, 5.74) is 1.95. The van der Waals surface area contributed by atoms with Gasteiger partial charge in [-0.05, 0) is 43.2 Å². The molecule has 1 aliphatic rings. The number of sulfonamides is 1. The Morgan fingerprint density at radius 1 is 1.22 bits per heavy atom. The number of furan rings is 1.